The Balaban J connectivity index is 2.91. The van der Waals surface area contributed by atoms with Crippen LogP contribution in [0.1, 0.15) is 58.1 Å². The Labute approximate surface area is 139 Å². The van der Waals surface area contributed by atoms with Crippen molar-refractivity contribution in [2.45, 2.75) is 66.0 Å². The van der Waals surface area contributed by atoms with Crippen LogP contribution in [0.3, 0.4) is 0 Å². The monoisotopic (exact) mass is 323 g/mol. The maximum atomic E-state index is 13.3. The predicted octanol–water partition coefficient (Wildman–Crippen LogP) is 4.18. The van der Waals surface area contributed by atoms with Crippen molar-refractivity contribution in [3.05, 3.63) is 35.1 Å². The van der Waals surface area contributed by atoms with Gasteiger partial charge in [-0.1, -0.05) is 33.8 Å². The van der Waals surface area contributed by atoms with Crippen LogP contribution in [-0.4, -0.2) is 18.1 Å². The highest BCUT2D eigenvalue weighted by atomic mass is 19.1. The van der Waals surface area contributed by atoms with Gasteiger partial charge in [-0.05, 0) is 55.4 Å². The number of ether oxygens (including phenoxy) is 1. The van der Waals surface area contributed by atoms with Crippen LogP contribution in [0.4, 0.5) is 4.39 Å². The zero-order valence-corrected chi connectivity index (χ0v) is 15.1. The molecular formula is C19H30FNO2. The molecule has 0 heterocycles. The summed E-state index contributed by atoms with van der Waals surface area (Å²) in [7, 11) is 0. The molecule has 0 aliphatic heterocycles. The number of benzene rings is 1. The van der Waals surface area contributed by atoms with E-state index in [4.69, 9.17) is 10.5 Å². The summed E-state index contributed by atoms with van der Waals surface area (Å²) < 4.78 is 19.0. The van der Waals surface area contributed by atoms with E-state index < -0.39 is 6.04 Å². The summed E-state index contributed by atoms with van der Waals surface area (Å²) in [6.07, 6.45) is 0.290. The number of hydrogen-bond donors (Lipinski definition) is 1. The van der Waals surface area contributed by atoms with Crippen LogP contribution >= 0.6 is 0 Å². The Morgan fingerprint density at radius 1 is 1.22 bits per heavy atom. The number of rotatable bonds is 7. The van der Waals surface area contributed by atoms with E-state index >= 15 is 0 Å². The highest BCUT2D eigenvalue weighted by Crippen LogP contribution is 2.32. The van der Waals surface area contributed by atoms with E-state index in [9.17, 15) is 9.18 Å². The summed E-state index contributed by atoms with van der Waals surface area (Å²) in [5.74, 6) is -0.0175. The lowest BCUT2D eigenvalue weighted by atomic mass is 9.82. The standard InChI is InChI=1S/C19H30FNO2/c1-11(2)9-17(21)19(22)23-14(6)18(12(3)4)16-8-7-15(20)10-13(16)5/h7-8,10-12,14,17-18H,9,21H2,1-6H3/t14-,17-,18+/m0/s1. The SMILES string of the molecule is Cc1cc(F)ccc1[C@H](C(C)C)[C@H](C)OC(=O)[C@@H](N)CC(C)C. The van der Waals surface area contributed by atoms with E-state index in [0.29, 0.717) is 12.3 Å². The third-order valence-electron chi connectivity index (χ3n) is 4.15. The lowest BCUT2D eigenvalue weighted by Crippen LogP contribution is -2.37. The van der Waals surface area contributed by atoms with Crippen molar-refractivity contribution in [1.29, 1.82) is 0 Å². The minimum Gasteiger partial charge on any atom is -0.461 e. The maximum Gasteiger partial charge on any atom is 0.323 e. The van der Waals surface area contributed by atoms with Gasteiger partial charge in [0.15, 0.2) is 0 Å². The molecule has 1 aromatic rings. The molecule has 130 valence electrons. The molecule has 1 rings (SSSR count). The third kappa shape index (κ3) is 5.61. The lowest BCUT2D eigenvalue weighted by Gasteiger charge is -2.30. The Morgan fingerprint density at radius 2 is 1.83 bits per heavy atom. The number of aryl methyl sites for hydroxylation is 1. The predicted molar refractivity (Wildman–Crippen MR) is 91.7 cm³/mol. The number of carbonyl (C=O) groups excluding carboxylic acids is 1. The molecule has 0 fully saturated rings. The zero-order chi connectivity index (χ0) is 17.7. The molecule has 0 aromatic heterocycles. The number of carbonyl (C=O) groups is 1. The van der Waals surface area contributed by atoms with E-state index in [1.807, 2.05) is 27.7 Å². The first-order valence-electron chi connectivity index (χ1n) is 8.35. The summed E-state index contributed by atoms with van der Waals surface area (Å²) in [4.78, 5) is 12.2. The second-order valence-electron chi connectivity index (χ2n) is 7.15. The van der Waals surface area contributed by atoms with Crippen molar-refractivity contribution < 1.29 is 13.9 Å². The first kappa shape index (κ1) is 19.6. The number of esters is 1. The van der Waals surface area contributed by atoms with Gasteiger partial charge < -0.3 is 10.5 Å². The number of nitrogens with two attached hydrogens (primary N) is 1. The van der Waals surface area contributed by atoms with Gasteiger partial charge in [-0.25, -0.2) is 4.39 Å². The summed E-state index contributed by atoms with van der Waals surface area (Å²) in [5.41, 5.74) is 7.79. The van der Waals surface area contributed by atoms with Gasteiger partial charge in [0.2, 0.25) is 0 Å². The van der Waals surface area contributed by atoms with E-state index in [1.54, 1.807) is 6.07 Å². The van der Waals surface area contributed by atoms with Gasteiger partial charge in [-0.15, -0.1) is 0 Å². The fourth-order valence-electron chi connectivity index (χ4n) is 3.12. The smallest absolute Gasteiger partial charge is 0.323 e. The second kappa shape index (κ2) is 8.44. The van der Waals surface area contributed by atoms with Crippen LogP contribution in [0.15, 0.2) is 18.2 Å². The Bertz CT molecular complexity index is 528. The average molecular weight is 323 g/mol. The lowest BCUT2D eigenvalue weighted by molar-refractivity contribution is -0.151. The molecule has 0 spiro atoms. The van der Waals surface area contributed by atoms with Gasteiger partial charge >= 0.3 is 5.97 Å². The van der Waals surface area contributed by atoms with Crippen molar-refractivity contribution in [3.8, 4) is 0 Å². The molecule has 3 atom stereocenters. The quantitative estimate of drug-likeness (QED) is 0.766. The molecule has 2 N–H and O–H groups in total. The molecule has 23 heavy (non-hydrogen) atoms. The second-order valence-corrected chi connectivity index (χ2v) is 7.15. The molecule has 3 nitrogen and oxygen atoms in total. The summed E-state index contributed by atoms with van der Waals surface area (Å²) in [6.45, 7) is 12.0. The average Bonchev–Trinajstić information content (AvgIpc) is 2.40. The van der Waals surface area contributed by atoms with E-state index in [1.165, 1.54) is 12.1 Å². The van der Waals surface area contributed by atoms with Crippen LogP contribution in [0.2, 0.25) is 0 Å². The molecule has 0 radical (unpaired) electrons. The zero-order valence-electron chi connectivity index (χ0n) is 15.1. The molecule has 0 aliphatic rings. The van der Waals surface area contributed by atoms with Crippen LogP contribution in [0.25, 0.3) is 0 Å². The normalized spacial score (nSPS) is 15.6. The Morgan fingerprint density at radius 3 is 2.30 bits per heavy atom. The number of halogens is 1. The van der Waals surface area contributed by atoms with E-state index in [2.05, 4.69) is 13.8 Å². The fraction of sp³-hybridized carbons (Fsp3) is 0.632. The van der Waals surface area contributed by atoms with Crippen molar-refractivity contribution in [2.24, 2.45) is 17.6 Å². The first-order valence-corrected chi connectivity index (χ1v) is 8.35. The van der Waals surface area contributed by atoms with Crippen LogP contribution < -0.4 is 5.73 Å². The topological polar surface area (TPSA) is 52.3 Å². The van der Waals surface area contributed by atoms with Crippen LogP contribution in [-0.2, 0) is 9.53 Å². The summed E-state index contributed by atoms with van der Waals surface area (Å²) in [5, 5.41) is 0. The highest BCUT2D eigenvalue weighted by Gasteiger charge is 2.29. The van der Waals surface area contributed by atoms with Crippen molar-refractivity contribution >= 4 is 5.97 Å². The Hall–Kier alpha value is -1.42. The fourth-order valence-corrected chi connectivity index (χ4v) is 3.12. The van der Waals surface area contributed by atoms with Gasteiger partial charge in [-0.2, -0.15) is 0 Å². The molecule has 0 saturated heterocycles. The van der Waals surface area contributed by atoms with Crippen molar-refractivity contribution in [3.63, 3.8) is 0 Å². The molecule has 4 heteroatoms. The van der Waals surface area contributed by atoms with E-state index in [-0.39, 0.29) is 29.7 Å². The molecule has 0 saturated carbocycles. The Kier molecular flexibility index (Phi) is 7.20. The minimum atomic E-state index is -0.598. The van der Waals surface area contributed by atoms with Crippen molar-refractivity contribution in [2.75, 3.05) is 0 Å². The van der Waals surface area contributed by atoms with Gasteiger partial charge in [-0.3, -0.25) is 4.79 Å². The maximum absolute atomic E-state index is 13.3. The summed E-state index contributed by atoms with van der Waals surface area (Å²) in [6, 6.07) is 4.16. The molecule has 0 aliphatic carbocycles. The number of hydrogen-bond acceptors (Lipinski definition) is 3. The third-order valence-corrected chi connectivity index (χ3v) is 4.15. The van der Waals surface area contributed by atoms with E-state index in [0.717, 1.165) is 11.1 Å². The molecule has 1 aromatic carbocycles. The van der Waals surface area contributed by atoms with Gasteiger partial charge in [0.05, 0.1) is 0 Å². The minimum absolute atomic E-state index is 0.00537. The molecular weight excluding hydrogens is 293 g/mol. The first-order chi connectivity index (χ1) is 10.6. The van der Waals surface area contributed by atoms with Gasteiger partial charge in [0, 0.05) is 5.92 Å². The van der Waals surface area contributed by atoms with Crippen molar-refractivity contribution in [1.82, 2.24) is 0 Å². The van der Waals surface area contributed by atoms with Gasteiger partial charge in [0.1, 0.15) is 18.0 Å². The van der Waals surface area contributed by atoms with Crippen LogP contribution in [0, 0.1) is 24.6 Å². The highest BCUT2D eigenvalue weighted by molar-refractivity contribution is 5.75. The largest absolute Gasteiger partial charge is 0.461 e. The summed E-state index contributed by atoms with van der Waals surface area (Å²) >= 11 is 0. The van der Waals surface area contributed by atoms with Crippen LogP contribution in [0.5, 0.6) is 0 Å². The van der Waals surface area contributed by atoms with Gasteiger partial charge in [0.25, 0.3) is 0 Å². The molecule has 0 amide bonds. The molecule has 0 unspecified atom stereocenters. The molecule has 0 bridgehead atoms.